The molecule has 0 spiro atoms. The van der Waals surface area contributed by atoms with Crippen molar-refractivity contribution < 1.29 is 0 Å². The third-order valence-electron chi connectivity index (χ3n) is 2.91. The first kappa shape index (κ1) is 11.6. The Balaban J connectivity index is 2.14. The minimum Gasteiger partial charge on any atom is -0.285 e. The number of aryl methyl sites for hydroxylation is 1. The normalized spacial score (nSPS) is 12.8. The molecule has 2 rings (SSSR count). The molecule has 0 aliphatic rings. The Morgan fingerprint density at radius 1 is 0.941 bits per heavy atom. The van der Waals surface area contributed by atoms with E-state index in [1.165, 1.54) is 16.7 Å². The van der Waals surface area contributed by atoms with Crippen molar-refractivity contribution in [3.05, 3.63) is 71.3 Å². The van der Waals surface area contributed by atoms with Gasteiger partial charge in [0, 0.05) is 6.21 Å². The molecule has 0 saturated heterocycles. The Morgan fingerprint density at radius 2 is 1.59 bits per heavy atom. The summed E-state index contributed by atoms with van der Waals surface area (Å²) in [6.07, 6.45) is 1.97. The summed E-state index contributed by atoms with van der Waals surface area (Å²) in [5.41, 5.74) is 3.70. The molecular weight excluding hydrogens is 206 g/mol. The molecule has 0 amide bonds. The van der Waals surface area contributed by atoms with Gasteiger partial charge in [0.25, 0.3) is 0 Å². The molecule has 2 aromatic carbocycles. The first-order valence-corrected chi connectivity index (χ1v) is 5.91. The van der Waals surface area contributed by atoms with Crippen LogP contribution in [0.5, 0.6) is 0 Å². The van der Waals surface area contributed by atoms with Gasteiger partial charge in [-0.25, -0.2) is 0 Å². The molecule has 2 aromatic rings. The van der Waals surface area contributed by atoms with Crippen LogP contribution in [0.25, 0.3) is 0 Å². The van der Waals surface area contributed by atoms with Crippen LogP contribution in [-0.2, 0) is 0 Å². The van der Waals surface area contributed by atoms with Gasteiger partial charge in [-0.15, -0.1) is 0 Å². The molecule has 0 fully saturated rings. The van der Waals surface area contributed by atoms with E-state index in [4.69, 9.17) is 0 Å². The largest absolute Gasteiger partial charge is 0.285 e. The molecule has 1 heteroatoms. The van der Waals surface area contributed by atoms with Gasteiger partial charge < -0.3 is 0 Å². The van der Waals surface area contributed by atoms with E-state index >= 15 is 0 Å². The predicted molar refractivity (Wildman–Crippen MR) is 73.6 cm³/mol. The fourth-order valence-corrected chi connectivity index (χ4v) is 1.74. The van der Waals surface area contributed by atoms with E-state index in [0.717, 1.165) is 0 Å². The molecule has 0 aromatic heterocycles. The molecule has 1 atom stereocenters. The van der Waals surface area contributed by atoms with Crippen molar-refractivity contribution >= 4 is 6.21 Å². The van der Waals surface area contributed by atoms with Gasteiger partial charge in [-0.05, 0) is 30.5 Å². The summed E-state index contributed by atoms with van der Waals surface area (Å²) in [5, 5.41) is 0. The maximum Gasteiger partial charge on any atom is 0.0721 e. The quantitative estimate of drug-likeness (QED) is 0.692. The van der Waals surface area contributed by atoms with Crippen LogP contribution in [0.1, 0.15) is 29.7 Å². The van der Waals surface area contributed by atoms with Gasteiger partial charge in [0.1, 0.15) is 0 Å². The number of nitrogens with zero attached hydrogens (tertiary/aromatic N) is 1. The summed E-state index contributed by atoms with van der Waals surface area (Å²) in [4.78, 5) is 4.60. The van der Waals surface area contributed by atoms with E-state index in [0.29, 0.717) is 0 Å². The summed E-state index contributed by atoms with van der Waals surface area (Å²) in [5.74, 6) is 0. The molecule has 0 heterocycles. The zero-order valence-corrected chi connectivity index (χ0v) is 10.3. The van der Waals surface area contributed by atoms with Gasteiger partial charge in [0.15, 0.2) is 0 Å². The number of benzene rings is 2. The molecule has 0 aliphatic heterocycles. The zero-order valence-electron chi connectivity index (χ0n) is 10.3. The third-order valence-corrected chi connectivity index (χ3v) is 2.91. The summed E-state index contributed by atoms with van der Waals surface area (Å²) >= 11 is 0. The fourth-order valence-electron chi connectivity index (χ4n) is 1.74. The molecule has 86 valence electrons. The lowest BCUT2D eigenvalue weighted by atomic mass is 10.1. The fraction of sp³-hybridized carbons (Fsp3) is 0.188. The highest BCUT2D eigenvalue weighted by molar-refractivity contribution is 5.81. The molecule has 0 radical (unpaired) electrons. The molecule has 0 unspecified atom stereocenters. The minimum absolute atomic E-state index is 0.204. The molecule has 0 aliphatic carbocycles. The molecule has 17 heavy (non-hydrogen) atoms. The second-order valence-corrected chi connectivity index (χ2v) is 4.22. The van der Waals surface area contributed by atoms with E-state index in [1.54, 1.807) is 0 Å². The van der Waals surface area contributed by atoms with Gasteiger partial charge >= 0.3 is 0 Å². The standard InChI is InChI=1S/C16H17N/c1-13-8-6-7-11-16(13)12-17-14(2)15-9-4-3-5-10-15/h3-12,14H,1-2H3/t14-/m1/s1. The Labute approximate surface area is 103 Å². The van der Waals surface area contributed by atoms with Crippen LogP contribution in [0.2, 0.25) is 0 Å². The van der Waals surface area contributed by atoms with Crippen LogP contribution in [0.3, 0.4) is 0 Å². The monoisotopic (exact) mass is 223 g/mol. The second kappa shape index (κ2) is 5.44. The Bertz CT molecular complexity index is 500. The van der Waals surface area contributed by atoms with Gasteiger partial charge in [-0.3, -0.25) is 4.99 Å². The number of rotatable bonds is 3. The van der Waals surface area contributed by atoms with E-state index < -0.39 is 0 Å². The number of aliphatic imine (C=N–C) groups is 1. The minimum atomic E-state index is 0.204. The zero-order chi connectivity index (χ0) is 12.1. The Morgan fingerprint density at radius 3 is 2.29 bits per heavy atom. The topological polar surface area (TPSA) is 12.4 Å². The smallest absolute Gasteiger partial charge is 0.0721 e. The van der Waals surface area contributed by atoms with Gasteiger partial charge in [0.05, 0.1) is 6.04 Å². The third kappa shape index (κ3) is 3.04. The van der Waals surface area contributed by atoms with Gasteiger partial charge in [0.2, 0.25) is 0 Å². The summed E-state index contributed by atoms with van der Waals surface area (Å²) < 4.78 is 0. The van der Waals surface area contributed by atoms with Crippen molar-refractivity contribution in [1.82, 2.24) is 0 Å². The maximum atomic E-state index is 4.60. The van der Waals surface area contributed by atoms with Crippen molar-refractivity contribution in [3.63, 3.8) is 0 Å². The first-order valence-electron chi connectivity index (χ1n) is 5.91. The highest BCUT2D eigenvalue weighted by Gasteiger charge is 2.00. The highest BCUT2D eigenvalue weighted by atomic mass is 14.8. The number of hydrogen-bond donors (Lipinski definition) is 0. The van der Waals surface area contributed by atoms with Crippen LogP contribution in [0.15, 0.2) is 59.6 Å². The van der Waals surface area contributed by atoms with Crippen molar-refractivity contribution in [1.29, 1.82) is 0 Å². The second-order valence-electron chi connectivity index (χ2n) is 4.22. The van der Waals surface area contributed by atoms with Gasteiger partial charge in [-0.1, -0.05) is 54.6 Å². The van der Waals surface area contributed by atoms with Crippen molar-refractivity contribution in [2.45, 2.75) is 19.9 Å². The van der Waals surface area contributed by atoms with Crippen LogP contribution in [0.4, 0.5) is 0 Å². The van der Waals surface area contributed by atoms with E-state index in [2.05, 4.69) is 55.2 Å². The summed E-state index contributed by atoms with van der Waals surface area (Å²) in [7, 11) is 0. The summed E-state index contributed by atoms with van der Waals surface area (Å²) in [6, 6.07) is 18.8. The molecule has 0 saturated carbocycles. The van der Waals surface area contributed by atoms with Crippen LogP contribution in [-0.4, -0.2) is 6.21 Å². The lowest BCUT2D eigenvalue weighted by Gasteiger charge is -2.06. The average molecular weight is 223 g/mol. The van der Waals surface area contributed by atoms with E-state index in [9.17, 15) is 0 Å². The highest BCUT2D eigenvalue weighted by Crippen LogP contribution is 2.16. The van der Waals surface area contributed by atoms with Crippen LogP contribution >= 0.6 is 0 Å². The predicted octanol–water partition coefficient (Wildman–Crippen LogP) is 4.18. The van der Waals surface area contributed by atoms with Crippen LogP contribution < -0.4 is 0 Å². The lowest BCUT2D eigenvalue weighted by Crippen LogP contribution is -1.92. The van der Waals surface area contributed by atoms with Crippen molar-refractivity contribution in [2.75, 3.05) is 0 Å². The van der Waals surface area contributed by atoms with Gasteiger partial charge in [-0.2, -0.15) is 0 Å². The molecule has 0 bridgehead atoms. The maximum absolute atomic E-state index is 4.60. The Kier molecular flexibility index (Phi) is 3.71. The number of hydrogen-bond acceptors (Lipinski definition) is 1. The lowest BCUT2D eigenvalue weighted by molar-refractivity contribution is 0.825. The van der Waals surface area contributed by atoms with Crippen LogP contribution in [0, 0.1) is 6.92 Å². The average Bonchev–Trinajstić information content (AvgIpc) is 2.38. The van der Waals surface area contributed by atoms with E-state index in [1.807, 2.05) is 24.4 Å². The van der Waals surface area contributed by atoms with Crippen molar-refractivity contribution in [3.8, 4) is 0 Å². The molecule has 1 nitrogen and oxygen atoms in total. The SMILES string of the molecule is Cc1ccccc1C=N[C@H](C)c1ccccc1. The van der Waals surface area contributed by atoms with Crippen molar-refractivity contribution in [2.24, 2.45) is 4.99 Å². The first-order chi connectivity index (χ1) is 8.27. The van der Waals surface area contributed by atoms with E-state index in [-0.39, 0.29) is 6.04 Å². The Hall–Kier alpha value is -1.89. The molecular formula is C16H17N. The molecule has 0 N–H and O–H groups in total. The summed E-state index contributed by atoms with van der Waals surface area (Å²) in [6.45, 7) is 4.22.